The molecule has 0 fully saturated rings. The summed E-state index contributed by atoms with van der Waals surface area (Å²) in [5.74, 6) is 0. The van der Waals surface area contributed by atoms with E-state index in [-0.39, 0.29) is 0 Å². The smallest absolute Gasteiger partial charge is 0.297 e. The fraction of sp³-hybridized carbons (Fsp3) is 0.462. The Bertz CT molecular complexity index is 453. The van der Waals surface area contributed by atoms with Gasteiger partial charge in [-0.15, -0.1) is 11.3 Å². The Kier molecular flexibility index (Phi) is 4.78. The molecule has 0 radical (unpaired) electrons. The molecule has 0 saturated heterocycles. The Morgan fingerprint density at radius 2 is 2.39 bits per heavy atom. The first-order valence-corrected chi connectivity index (χ1v) is 7.06. The Morgan fingerprint density at radius 3 is 3.11 bits per heavy atom. The zero-order valence-electron chi connectivity index (χ0n) is 10.8. The monoisotopic (exact) mass is 265 g/mol. The Morgan fingerprint density at radius 1 is 1.50 bits per heavy atom. The van der Waals surface area contributed by atoms with Gasteiger partial charge >= 0.3 is 0 Å². The van der Waals surface area contributed by atoms with Crippen molar-refractivity contribution in [2.24, 2.45) is 0 Å². The van der Waals surface area contributed by atoms with Crippen LogP contribution in [0.15, 0.2) is 28.2 Å². The number of thiophene rings is 1. The molecule has 0 aliphatic heterocycles. The molecule has 18 heavy (non-hydrogen) atoms. The Balaban J connectivity index is 1.88. The van der Waals surface area contributed by atoms with Gasteiger partial charge in [0.05, 0.1) is 12.2 Å². The van der Waals surface area contributed by atoms with Gasteiger partial charge in [-0.3, -0.25) is 0 Å². The summed E-state index contributed by atoms with van der Waals surface area (Å²) in [6.45, 7) is 4.76. The minimum Gasteiger partial charge on any atom is -0.432 e. The van der Waals surface area contributed by atoms with Crippen LogP contribution in [0, 0.1) is 0 Å². The zero-order valence-corrected chi connectivity index (χ0v) is 11.7. The lowest BCUT2D eigenvalue weighted by Crippen LogP contribution is -2.17. The van der Waals surface area contributed by atoms with Crippen LogP contribution >= 0.6 is 11.3 Å². The fourth-order valence-corrected chi connectivity index (χ4v) is 2.41. The van der Waals surface area contributed by atoms with Crippen LogP contribution in [-0.2, 0) is 13.1 Å². The van der Waals surface area contributed by atoms with Gasteiger partial charge in [0.2, 0.25) is 0 Å². The van der Waals surface area contributed by atoms with Crippen LogP contribution in [0.3, 0.4) is 0 Å². The molecule has 0 bridgehead atoms. The van der Waals surface area contributed by atoms with Crippen LogP contribution in [0.25, 0.3) is 0 Å². The van der Waals surface area contributed by atoms with Gasteiger partial charge < -0.3 is 14.6 Å². The van der Waals surface area contributed by atoms with Gasteiger partial charge in [0.25, 0.3) is 6.01 Å². The van der Waals surface area contributed by atoms with Crippen LogP contribution in [0.5, 0.6) is 0 Å². The summed E-state index contributed by atoms with van der Waals surface area (Å²) in [6, 6.07) is 4.86. The van der Waals surface area contributed by atoms with Crippen LogP contribution in [0.1, 0.15) is 23.9 Å². The van der Waals surface area contributed by atoms with Crippen molar-refractivity contribution in [3.8, 4) is 0 Å². The molecule has 0 spiro atoms. The van der Waals surface area contributed by atoms with Crippen LogP contribution < -0.4 is 10.2 Å². The van der Waals surface area contributed by atoms with Crippen molar-refractivity contribution in [3.05, 3.63) is 34.3 Å². The molecule has 98 valence electrons. The number of nitrogens with one attached hydrogen (secondary N) is 1. The van der Waals surface area contributed by atoms with Crippen molar-refractivity contribution >= 4 is 17.4 Å². The van der Waals surface area contributed by atoms with Crippen molar-refractivity contribution < 1.29 is 4.42 Å². The topological polar surface area (TPSA) is 41.3 Å². The van der Waals surface area contributed by atoms with E-state index in [1.807, 2.05) is 11.9 Å². The molecule has 2 heterocycles. The summed E-state index contributed by atoms with van der Waals surface area (Å²) < 4.78 is 5.49. The SMILES string of the molecule is CCCNCc1coc(N(C)Cc2cccs2)n1. The third-order valence-corrected chi connectivity index (χ3v) is 3.43. The van der Waals surface area contributed by atoms with Gasteiger partial charge in [0.1, 0.15) is 6.26 Å². The molecular weight excluding hydrogens is 246 g/mol. The third-order valence-electron chi connectivity index (χ3n) is 2.57. The number of rotatable bonds is 7. The van der Waals surface area contributed by atoms with Gasteiger partial charge in [-0.2, -0.15) is 4.98 Å². The summed E-state index contributed by atoms with van der Waals surface area (Å²) in [7, 11) is 1.99. The average molecular weight is 265 g/mol. The van der Waals surface area contributed by atoms with Crippen molar-refractivity contribution in [2.45, 2.75) is 26.4 Å². The second-order valence-corrected chi connectivity index (χ2v) is 5.27. The highest BCUT2D eigenvalue weighted by Crippen LogP contribution is 2.17. The summed E-state index contributed by atoms with van der Waals surface area (Å²) in [4.78, 5) is 7.79. The number of nitrogens with zero attached hydrogens (tertiary/aromatic N) is 2. The largest absolute Gasteiger partial charge is 0.432 e. The zero-order chi connectivity index (χ0) is 12.8. The molecule has 0 aliphatic carbocycles. The summed E-state index contributed by atoms with van der Waals surface area (Å²) >= 11 is 1.75. The van der Waals surface area contributed by atoms with Crippen molar-refractivity contribution in [1.29, 1.82) is 0 Å². The summed E-state index contributed by atoms with van der Waals surface area (Å²) in [5.41, 5.74) is 0.955. The Labute approximate surface area is 112 Å². The van der Waals surface area contributed by atoms with E-state index in [0.29, 0.717) is 6.01 Å². The normalized spacial score (nSPS) is 10.8. The molecule has 0 saturated carbocycles. The molecule has 0 unspecified atom stereocenters. The number of hydrogen-bond acceptors (Lipinski definition) is 5. The highest BCUT2D eigenvalue weighted by Gasteiger charge is 2.09. The maximum atomic E-state index is 5.49. The van der Waals surface area contributed by atoms with Gasteiger partial charge in [-0.25, -0.2) is 0 Å². The average Bonchev–Trinajstić information content (AvgIpc) is 3.00. The number of anilines is 1. The number of oxazole rings is 1. The minimum atomic E-state index is 0.677. The van der Waals surface area contributed by atoms with E-state index in [1.54, 1.807) is 17.6 Å². The Hall–Kier alpha value is -1.33. The van der Waals surface area contributed by atoms with Gasteiger partial charge in [-0.1, -0.05) is 13.0 Å². The quantitative estimate of drug-likeness (QED) is 0.782. The highest BCUT2D eigenvalue weighted by molar-refractivity contribution is 7.09. The lowest BCUT2D eigenvalue weighted by Gasteiger charge is -2.12. The predicted molar refractivity (Wildman–Crippen MR) is 74.9 cm³/mol. The lowest BCUT2D eigenvalue weighted by atomic mass is 10.4. The van der Waals surface area contributed by atoms with E-state index in [4.69, 9.17) is 4.42 Å². The molecule has 0 aromatic carbocycles. The molecule has 0 amide bonds. The van der Waals surface area contributed by atoms with E-state index in [9.17, 15) is 0 Å². The summed E-state index contributed by atoms with van der Waals surface area (Å²) in [6.07, 6.45) is 2.85. The molecule has 4 nitrogen and oxygen atoms in total. The molecule has 2 rings (SSSR count). The van der Waals surface area contributed by atoms with Crippen LogP contribution in [0.4, 0.5) is 6.01 Å². The fourth-order valence-electron chi connectivity index (χ4n) is 1.65. The molecule has 5 heteroatoms. The predicted octanol–water partition coefficient (Wildman–Crippen LogP) is 2.87. The van der Waals surface area contributed by atoms with E-state index in [0.717, 1.165) is 31.7 Å². The summed E-state index contributed by atoms with van der Waals surface area (Å²) in [5, 5.41) is 5.39. The van der Waals surface area contributed by atoms with Gasteiger partial charge in [0, 0.05) is 18.5 Å². The maximum Gasteiger partial charge on any atom is 0.297 e. The maximum absolute atomic E-state index is 5.49. The van der Waals surface area contributed by atoms with E-state index >= 15 is 0 Å². The third kappa shape index (κ3) is 3.58. The first-order valence-electron chi connectivity index (χ1n) is 6.18. The number of hydrogen-bond donors (Lipinski definition) is 1. The van der Waals surface area contributed by atoms with Crippen molar-refractivity contribution in [3.63, 3.8) is 0 Å². The van der Waals surface area contributed by atoms with Gasteiger partial charge in [0.15, 0.2) is 0 Å². The molecule has 0 atom stereocenters. The van der Waals surface area contributed by atoms with Crippen molar-refractivity contribution in [1.82, 2.24) is 10.3 Å². The van der Waals surface area contributed by atoms with E-state index in [1.165, 1.54) is 4.88 Å². The minimum absolute atomic E-state index is 0.677. The molecule has 1 N–H and O–H groups in total. The second-order valence-electron chi connectivity index (χ2n) is 4.23. The molecular formula is C13H19N3OS. The van der Waals surface area contributed by atoms with Crippen molar-refractivity contribution in [2.75, 3.05) is 18.5 Å². The van der Waals surface area contributed by atoms with Crippen LogP contribution in [0.2, 0.25) is 0 Å². The highest BCUT2D eigenvalue weighted by atomic mass is 32.1. The standard InChI is InChI=1S/C13H19N3OS/c1-3-6-14-8-11-10-17-13(15-11)16(2)9-12-5-4-7-18-12/h4-5,7,10,14H,3,6,8-9H2,1-2H3. The van der Waals surface area contributed by atoms with E-state index < -0.39 is 0 Å². The first kappa shape index (κ1) is 13.1. The number of aromatic nitrogens is 1. The second kappa shape index (κ2) is 6.56. The lowest BCUT2D eigenvalue weighted by molar-refractivity contribution is 0.543. The molecule has 0 aliphatic rings. The molecule has 2 aromatic heterocycles. The molecule has 2 aromatic rings. The first-order chi connectivity index (χ1) is 8.79. The van der Waals surface area contributed by atoms with E-state index in [2.05, 4.69) is 34.7 Å². The van der Waals surface area contributed by atoms with Gasteiger partial charge in [-0.05, 0) is 24.4 Å². The van der Waals surface area contributed by atoms with Crippen LogP contribution in [-0.4, -0.2) is 18.6 Å².